The molecule has 156 valence electrons. The average molecular weight is 499 g/mol. The smallest absolute Gasteiger partial charge is 0.353 e. The summed E-state index contributed by atoms with van der Waals surface area (Å²) in [4.78, 5) is 37.9. The Kier molecular flexibility index (Phi) is 5.88. The highest BCUT2D eigenvalue weighted by Crippen LogP contribution is 2.38. The van der Waals surface area contributed by atoms with Crippen molar-refractivity contribution in [3.05, 3.63) is 80.5 Å². The molecular formula is C22H15BrN2O5S. The third-order valence-electron chi connectivity index (χ3n) is 4.39. The highest BCUT2D eigenvalue weighted by Gasteiger charge is 2.34. The molecule has 1 aliphatic rings. The Morgan fingerprint density at radius 1 is 1.13 bits per heavy atom. The zero-order valence-electron chi connectivity index (χ0n) is 16.1. The van der Waals surface area contributed by atoms with Gasteiger partial charge in [0.1, 0.15) is 10.5 Å². The molecule has 31 heavy (non-hydrogen) atoms. The molecule has 1 aliphatic heterocycles. The second-order valence-electron chi connectivity index (χ2n) is 6.38. The van der Waals surface area contributed by atoms with E-state index in [2.05, 4.69) is 21.4 Å². The summed E-state index contributed by atoms with van der Waals surface area (Å²) < 4.78 is 11.3. The van der Waals surface area contributed by atoms with E-state index in [0.29, 0.717) is 20.6 Å². The molecular weight excluding hydrogens is 484 g/mol. The van der Waals surface area contributed by atoms with Crippen molar-refractivity contribution in [3.63, 3.8) is 0 Å². The van der Waals surface area contributed by atoms with Gasteiger partial charge < -0.3 is 9.47 Å². The van der Waals surface area contributed by atoms with E-state index >= 15 is 0 Å². The summed E-state index contributed by atoms with van der Waals surface area (Å²) in [5.74, 6) is -1.02. The zero-order valence-corrected chi connectivity index (χ0v) is 18.5. The molecule has 2 amide bonds. The van der Waals surface area contributed by atoms with Crippen LogP contribution in [-0.4, -0.2) is 24.9 Å². The van der Waals surface area contributed by atoms with Crippen LogP contribution in [0, 0.1) is 0 Å². The Labute approximate surface area is 190 Å². The van der Waals surface area contributed by atoms with Crippen LogP contribution in [-0.2, 0) is 9.59 Å². The molecule has 0 bridgehead atoms. The molecule has 3 aromatic rings. The van der Waals surface area contributed by atoms with E-state index in [4.69, 9.17) is 9.47 Å². The van der Waals surface area contributed by atoms with Crippen molar-refractivity contribution in [1.82, 2.24) is 5.43 Å². The van der Waals surface area contributed by atoms with Gasteiger partial charge in [-0.05, 0) is 63.3 Å². The van der Waals surface area contributed by atoms with E-state index < -0.39 is 17.8 Å². The second kappa shape index (κ2) is 8.75. The van der Waals surface area contributed by atoms with Crippen molar-refractivity contribution in [3.8, 4) is 11.5 Å². The number of ether oxygens (including phenoxy) is 2. The minimum Gasteiger partial charge on any atom is -0.493 e. The summed E-state index contributed by atoms with van der Waals surface area (Å²) in [6, 6.07) is 15.4. The number of amides is 2. The van der Waals surface area contributed by atoms with Crippen molar-refractivity contribution in [2.75, 3.05) is 12.1 Å². The maximum atomic E-state index is 12.8. The van der Waals surface area contributed by atoms with Gasteiger partial charge in [0.05, 0.1) is 17.3 Å². The molecule has 0 radical (unpaired) electrons. The number of nitrogens with zero attached hydrogens (tertiary/aromatic N) is 1. The summed E-state index contributed by atoms with van der Waals surface area (Å²) >= 11 is 4.65. The molecule has 4 rings (SSSR count). The maximum absolute atomic E-state index is 12.8. The number of thiophene rings is 1. The first-order valence-corrected chi connectivity index (χ1v) is 10.7. The van der Waals surface area contributed by atoms with Gasteiger partial charge in [0.25, 0.3) is 11.8 Å². The lowest BCUT2D eigenvalue weighted by atomic mass is 10.1. The number of methoxy groups -OCH3 is 1. The van der Waals surface area contributed by atoms with Crippen LogP contribution in [0.5, 0.6) is 11.5 Å². The molecule has 0 spiro atoms. The minimum absolute atomic E-state index is 0.0267. The Balaban J connectivity index is 1.63. The lowest BCUT2D eigenvalue weighted by molar-refractivity contribution is -0.117. The Hall–Kier alpha value is -3.43. The summed E-state index contributed by atoms with van der Waals surface area (Å²) in [6.45, 7) is 0. The lowest BCUT2D eigenvalue weighted by Gasteiger charge is -2.14. The third kappa shape index (κ3) is 4.23. The monoisotopic (exact) mass is 498 g/mol. The van der Waals surface area contributed by atoms with Crippen molar-refractivity contribution in [1.29, 1.82) is 0 Å². The predicted octanol–water partition coefficient (Wildman–Crippen LogP) is 4.20. The van der Waals surface area contributed by atoms with Gasteiger partial charge in [-0.15, -0.1) is 11.3 Å². The number of rotatable bonds is 5. The van der Waals surface area contributed by atoms with E-state index in [1.165, 1.54) is 29.5 Å². The SMILES string of the molecule is COc1cc(/C=C2\C(=O)NN(c3ccccc3)C2=O)cc(Br)c1OC(=O)c1cccs1. The number of hydrazine groups is 1. The average Bonchev–Trinajstić information content (AvgIpc) is 3.40. The van der Waals surface area contributed by atoms with Gasteiger partial charge in [-0.1, -0.05) is 24.3 Å². The van der Waals surface area contributed by atoms with Crippen molar-refractivity contribution < 1.29 is 23.9 Å². The number of para-hydroxylation sites is 1. The van der Waals surface area contributed by atoms with Crippen LogP contribution in [0.15, 0.2) is 70.0 Å². The predicted molar refractivity (Wildman–Crippen MR) is 120 cm³/mol. The van der Waals surface area contributed by atoms with Crippen LogP contribution < -0.4 is 19.9 Å². The quantitative estimate of drug-likeness (QED) is 0.246. The molecule has 1 N–H and O–H groups in total. The van der Waals surface area contributed by atoms with Crippen LogP contribution in [0.4, 0.5) is 5.69 Å². The summed E-state index contributed by atoms with van der Waals surface area (Å²) in [7, 11) is 1.44. The number of anilines is 1. The molecule has 0 aliphatic carbocycles. The first-order chi connectivity index (χ1) is 15.0. The van der Waals surface area contributed by atoms with E-state index in [0.717, 1.165) is 0 Å². The highest BCUT2D eigenvalue weighted by atomic mass is 79.9. The molecule has 0 saturated carbocycles. The summed E-state index contributed by atoms with van der Waals surface area (Å²) in [6.07, 6.45) is 1.46. The number of esters is 1. The molecule has 1 fully saturated rings. The van der Waals surface area contributed by atoms with E-state index in [9.17, 15) is 14.4 Å². The topological polar surface area (TPSA) is 84.9 Å². The molecule has 1 aromatic heterocycles. The van der Waals surface area contributed by atoms with Gasteiger partial charge >= 0.3 is 5.97 Å². The van der Waals surface area contributed by atoms with Crippen LogP contribution in [0.25, 0.3) is 6.08 Å². The summed E-state index contributed by atoms with van der Waals surface area (Å²) in [5.41, 5.74) is 3.60. The molecule has 0 atom stereocenters. The number of hydrogen-bond donors (Lipinski definition) is 1. The number of benzene rings is 2. The Morgan fingerprint density at radius 2 is 1.90 bits per heavy atom. The molecule has 9 heteroatoms. The van der Waals surface area contributed by atoms with Gasteiger partial charge in [-0.3, -0.25) is 15.0 Å². The molecule has 2 heterocycles. The van der Waals surface area contributed by atoms with Crippen molar-refractivity contribution >= 4 is 56.8 Å². The maximum Gasteiger partial charge on any atom is 0.353 e. The molecule has 7 nitrogen and oxygen atoms in total. The molecule has 1 saturated heterocycles. The Bertz CT molecular complexity index is 1190. The fraction of sp³-hybridized carbons (Fsp3) is 0.0455. The van der Waals surface area contributed by atoms with Gasteiger partial charge in [0.15, 0.2) is 11.5 Å². The van der Waals surface area contributed by atoms with Crippen LogP contribution in [0.1, 0.15) is 15.2 Å². The third-order valence-corrected chi connectivity index (χ3v) is 5.82. The van der Waals surface area contributed by atoms with Gasteiger partial charge in [-0.2, -0.15) is 0 Å². The standard InChI is InChI=1S/C22H15BrN2O5S/c1-29-17-12-13(11-16(23)19(17)30-22(28)18-8-5-9-31-18)10-15-20(26)24-25(21(15)27)14-6-3-2-4-7-14/h2-12H,1H3,(H,24,26)/b15-10+. The fourth-order valence-corrected chi connectivity index (χ4v) is 4.08. The lowest BCUT2D eigenvalue weighted by Crippen LogP contribution is -2.35. The molecule has 0 unspecified atom stereocenters. The largest absolute Gasteiger partial charge is 0.493 e. The van der Waals surface area contributed by atoms with Gasteiger partial charge in [0.2, 0.25) is 0 Å². The van der Waals surface area contributed by atoms with E-state index in [-0.39, 0.29) is 17.1 Å². The van der Waals surface area contributed by atoms with Gasteiger partial charge in [-0.25, -0.2) is 9.80 Å². The van der Waals surface area contributed by atoms with E-state index in [1.54, 1.807) is 53.9 Å². The number of carbonyl (C=O) groups is 3. The highest BCUT2D eigenvalue weighted by molar-refractivity contribution is 9.10. The first-order valence-electron chi connectivity index (χ1n) is 9.03. The summed E-state index contributed by atoms with van der Waals surface area (Å²) in [5, 5.41) is 2.97. The second-order valence-corrected chi connectivity index (χ2v) is 8.18. The number of hydrogen-bond acceptors (Lipinski definition) is 6. The van der Waals surface area contributed by atoms with Crippen molar-refractivity contribution in [2.45, 2.75) is 0 Å². The first kappa shape index (κ1) is 20.8. The number of carbonyl (C=O) groups excluding carboxylic acids is 3. The minimum atomic E-state index is -0.517. The van der Waals surface area contributed by atoms with Crippen LogP contribution >= 0.6 is 27.3 Å². The van der Waals surface area contributed by atoms with Gasteiger partial charge in [0, 0.05) is 0 Å². The Morgan fingerprint density at radius 3 is 2.58 bits per heavy atom. The fourth-order valence-electron chi connectivity index (χ4n) is 2.94. The van der Waals surface area contributed by atoms with E-state index in [1.807, 2.05) is 6.07 Å². The number of nitrogens with one attached hydrogen (secondary N) is 1. The molecule has 2 aromatic carbocycles. The van der Waals surface area contributed by atoms with Crippen LogP contribution in [0.3, 0.4) is 0 Å². The zero-order chi connectivity index (χ0) is 22.0. The van der Waals surface area contributed by atoms with Crippen molar-refractivity contribution in [2.24, 2.45) is 0 Å². The normalized spacial score (nSPS) is 14.6. The number of halogens is 1. The van der Waals surface area contributed by atoms with Crippen LogP contribution in [0.2, 0.25) is 0 Å².